The number of hydrogen-bond donors (Lipinski definition) is 1. The molecule has 3 rings (SSSR count). The highest BCUT2D eigenvalue weighted by atomic mass is 16.5. The van der Waals surface area contributed by atoms with Crippen molar-refractivity contribution in [3.63, 3.8) is 0 Å². The summed E-state index contributed by atoms with van der Waals surface area (Å²) in [5.74, 6) is 2.77. The van der Waals surface area contributed by atoms with Crippen LogP contribution in [-0.2, 0) is 0 Å². The molecule has 0 fully saturated rings. The van der Waals surface area contributed by atoms with E-state index in [9.17, 15) is 0 Å². The van der Waals surface area contributed by atoms with Crippen LogP contribution in [0.1, 0.15) is 12.5 Å². The van der Waals surface area contributed by atoms with Crippen molar-refractivity contribution in [2.75, 3.05) is 13.7 Å². The van der Waals surface area contributed by atoms with E-state index < -0.39 is 0 Å². The lowest BCUT2D eigenvalue weighted by Gasteiger charge is -2.09. The Morgan fingerprint density at radius 2 is 1.91 bits per heavy atom. The van der Waals surface area contributed by atoms with E-state index in [0.717, 1.165) is 16.9 Å². The van der Waals surface area contributed by atoms with E-state index in [0.29, 0.717) is 24.0 Å². The molecule has 5 nitrogen and oxygen atoms in total. The number of aryl methyl sites for hydroxylation is 1. The molecular formula is C18H19N3O2. The molecule has 0 aliphatic carbocycles. The number of benzene rings is 2. The molecular weight excluding hydrogens is 290 g/mol. The number of aromatic amines is 1. The molecule has 0 radical (unpaired) electrons. The highest BCUT2D eigenvalue weighted by Crippen LogP contribution is 2.31. The first kappa shape index (κ1) is 15.1. The van der Waals surface area contributed by atoms with E-state index in [2.05, 4.69) is 21.2 Å². The van der Waals surface area contributed by atoms with Crippen LogP contribution < -0.4 is 9.47 Å². The van der Waals surface area contributed by atoms with Crippen molar-refractivity contribution in [3.8, 4) is 34.3 Å². The lowest BCUT2D eigenvalue weighted by molar-refractivity contribution is 0.311. The van der Waals surface area contributed by atoms with Gasteiger partial charge >= 0.3 is 0 Å². The molecule has 0 bridgehead atoms. The number of nitrogens with one attached hydrogen (secondary N) is 1. The van der Waals surface area contributed by atoms with Gasteiger partial charge in [-0.3, -0.25) is 5.10 Å². The fourth-order valence-corrected chi connectivity index (χ4v) is 2.39. The van der Waals surface area contributed by atoms with Crippen LogP contribution in [0.25, 0.3) is 22.8 Å². The molecule has 1 heterocycles. The molecule has 0 saturated carbocycles. The largest absolute Gasteiger partial charge is 0.493 e. The molecule has 0 unspecified atom stereocenters. The number of rotatable bonds is 5. The van der Waals surface area contributed by atoms with Gasteiger partial charge in [-0.2, -0.15) is 5.10 Å². The topological polar surface area (TPSA) is 60.0 Å². The third-order valence-corrected chi connectivity index (χ3v) is 3.50. The van der Waals surface area contributed by atoms with Gasteiger partial charge in [-0.15, -0.1) is 0 Å². The van der Waals surface area contributed by atoms with Crippen LogP contribution in [0.15, 0.2) is 42.5 Å². The maximum atomic E-state index is 5.54. The van der Waals surface area contributed by atoms with Gasteiger partial charge in [-0.05, 0) is 38.1 Å². The predicted octanol–water partition coefficient (Wildman–Crippen LogP) is 3.85. The zero-order chi connectivity index (χ0) is 16.2. The Hall–Kier alpha value is -2.82. The summed E-state index contributed by atoms with van der Waals surface area (Å²) in [6.45, 7) is 4.59. The van der Waals surface area contributed by atoms with Gasteiger partial charge in [0.2, 0.25) is 0 Å². The smallest absolute Gasteiger partial charge is 0.181 e. The maximum absolute atomic E-state index is 5.54. The second-order valence-electron chi connectivity index (χ2n) is 5.18. The van der Waals surface area contributed by atoms with Gasteiger partial charge in [0, 0.05) is 11.1 Å². The van der Waals surface area contributed by atoms with Gasteiger partial charge in [-0.25, -0.2) is 4.98 Å². The van der Waals surface area contributed by atoms with Crippen molar-refractivity contribution >= 4 is 0 Å². The van der Waals surface area contributed by atoms with E-state index in [-0.39, 0.29) is 0 Å². The summed E-state index contributed by atoms with van der Waals surface area (Å²) in [5, 5.41) is 7.30. The van der Waals surface area contributed by atoms with Crippen LogP contribution in [0, 0.1) is 6.92 Å². The third kappa shape index (κ3) is 3.18. The molecule has 118 valence electrons. The average molecular weight is 309 g/mol. The highest BCUT2D eigenvalue weighted by Gasteiger charge is 2.11. The third-order valence-electron chi connectivity index (χ3n) is 3.50. The zero-order valence-electron chi connectivity index (χ0n) is 13.5. The molecule has 0 amide bonds. The number of H-pyrrole nitrogens is 1. The Labute approximate surface area is 135 Å². The molecule has 0 saturated heterocycles. The predicted molar refractivity (Wildman–Crippen MR) is 89.7 cm³/mol. The average Bonchev–Trinajstić information content (AvgIpc) is 3.05. The van der Waals surface area contributed by atoms with E-state index in [1.165, 1.54) is 5.56 Å². The molecule has 5 heteroatoms. The highest BCUT2D eigenvalue weighted by molar-refractivity contribution is 5.64. The summed E-state index contributed by atoms with van der Waals surface area (Å²) in [7, 11) is 1.63. The van der Waals surface area contributed by atoms with Crippen LogP contribution in [0.2, 0.25) is 0 Å². The van der Waals surface area contributed by atoms with Gasteiger partial charge in [0.1, 0.15) is 0 Å². The number of ether oxygens (including phenoxy) is 2. The van der Waals surface area contributed by atoms with Gasteiger partial charge in [0.25, 0.3) is 0 Å². The SMILES string of the molecule is CCOc1ccc(-c2nc(-c3cccc(C)c3)n[nH]2)cc1OC. The second-order valence-corrected chi connectivity index (χ2v) is 5.18. The van der Waals surface area contributed by atoms with Crippen LogP contribution in [0.4, 0.5) is 0 Å². The number of methoxy groups -OCH3 is 1. The first-order valence-corrected chi connectivity index (χ1v) is 7.52. The minimum Gasteiger partial charge on any atom is -0.493 e. The molecule has 23 heavy (non-hydrogen) atoms. The van der Waals surface area contributed by atoms with Crippen molar-refractivity contribution in [2.45, 2.75) is 13.8 Å². The Balaban J connectivity index is 1.94. The maximum Gasteiger partial charge on any atom is 0.181 e. The fourth-order valence-electron chi connectivity index (χ4n) is 2.39. The van der Waals surface area contributed by atoms with Crippen molar-refractivity contribution < 1.29 is 9.47 Å². The lowest BCUT2D eigenvalue weighted by atomic mass is 10.1. The monoisotopic (exact) mass is 309 g/mol. The summed E-state index contributed by atoms with van der Waals surface area (Å²) < 4.78 is 10.9. The van der Waals surface area contributed by atoms with Crippen LogP contribution in [0.3, 0.4) is 0 Å². The van der Waals surface area contributed by atoms with Crippen molar-refractivity contribution in [3.05, 3.63) is 48.0 Å². The lowest BCUT2D eigenvalue weighted by Crippen LogP contribution is -1.95. The summed E-state index contributed by atoms with van der Waals surface area (Å²) in [6, 6.07) is 13.8. The molecule has 0 atom stereocenters. The first-order chi connectivity index (χ1) is 11.2. The normalized spacial score (nSPS) is 10.6. The van der Waals surface area contributed by atoms with E-state index >= 15 is 0 Å². The molecule has 0 aliphatic heterocycles. The van der Waals surface area contributed by atoms with Gasteiger partial charge in [0.15, 0.2) is 23.1 Å². The van der Waals surface area contributed by atoms with Crippen molar-refractivity contribution in [1.29, 1.82) is 0 Å². The molecule has 1 aromatic heterocycles. The second kappa shape index (κ2) is 6.52. The Morgan fingerprint density at radius 1 is 1.04 bits per heavy atom. The summed E-state index contributed by atoms with van der Waals surface area (Å²) >= 11 is 0. The Kier molecular flexibility index (Phi) is 4.28. The number of nitrogens with zero attached hydrogens (tertiary/aromatic N) is 2. The fraction of sp³-hybridized carbons (Fsp3) is 0.222. The van der Waals surface area contributed by atoms with Crippen molar-refractivity contribution in [2.24, 2.45) is 0 Å². The van der Waals surface area contributed by atoms with E-state index in [1.807, 2.05) is 50.2 Å². The minimum absolute atomic E-state index is 0.593. The van der Waals surface area contributed by atoms with Gasteiger partial charge < -0.3 is 9.47 Å². The summed E-state index contributed by atoms with van der Waals surface area (Å²) in [5.41, 5.74) is 3.07. The van der Waals surface area contributed by atoms with E-state index in [1.54, 1.807) is 7.11 Å². The van der Waals surface area contributed by atoms with Crippen LogP contribution >= 0.6 is 0 Å². The Bertz CT molecular complexity index is 812. The quantitative estimate of drug-likeness (QED) is 0.777. The first-order valence-electron chi connectivity index (χ1n) is 7.52. The standard InChI is InChI=1S/C18H19N3O2/c1-4-23-15-9-8-14(11-16(15)22-3)18-19-17(20-21-18)13-7-5-6-12(2)10-13/h5-11H,4H2,1-3H3,(H,19,20,21). The number of aromatic nitrogens is 3. The summed E-state index contributed by atoms with van der Waals surface area (Å²) in [4.78, 5) is 4.58. The van der Waals surface area contributed by atoms with E-state index in [4.69, 9.17) is 9.47 Å². The molecule has 0 spiro atoms. The molecule has 1 N–H and O–H groups in total. The molecule has 0 aliphatic rings. The Morgan fingerprint density at radius 3 is 2.65 bits per heavy atom. The molecule has 3 aromatic rings. The van der Waals surface area contributed by atoms with Crippen molar-refractivity contribution in [1.82, 2.24) is 15.2 Å². The minimum atomic E-state index is 0.593. The number of hydrogen-bond acceptors (Lipinski definition) is 4. The molecule has 2 aromatic carbocycles. The van der Waals surface area contributed by atoms with Crippen LogP contribution in [-0.4, -0.2) is 28.9 Å². The summed E-state index contributed by atoms with van der Waals surface area (Å²) in [6.07, 6.45) is 0. The van der Waals surface area contributed by atoms with Gasteiger partial charge in [0.05, 0.1) is 13.7 Å². The van der Waals surface area contributed by atoms with Gasteiger partial charge in [-0.1, -0.05) is 23.8 Å². The zero-order valence-corrected chi connectivity index (χ0v) is 13.5. The van der Waals surface area contributed by atoms with Crippen LogP contribution in [0.5, 0.6) is 11.5 Å².